The van der Waals surface area contributed by atoms with Gasteiger partial charge in [-0.25, -0.2) is 0 Å². The monoisotopic (exact) mass is 228 g/mol. The number of aliphatic hydroxyl groups excluding tert-OH is 1. The van der Waals surface area contributed by atoms with E-state index in [-0.39, 0.29) is 23.8 Å². The van der Waals surface area contributed by atoms with Gasteiger partial charge in [-0.05, 0) is 18.8 Å². The van der Waals surface area contributed by atoms with Gasteiger partial charge < -0.3 is 15.7 Å². The van der Waals surface area contributed by atoms with E-state index in [2.05, 4.69) is 6.92 Å². The molecule has 3 N–H and O–H groups in total. The van der Waals surface area contributed by atoms with Crippen molar-refractivity contribution in [2.45, 2.75) is 39.2 Å². The van der Waals surface area contributed by atoms with E-state index in [9.17, 15) is 9.90 Å². The van der Waals surface area contributed by atoms with E-state index in [1.165, 1.54) is 0 Å². The van der Waals surface area contributed by atoms with Crippen LogP contribution in [0.15, 0.2) is 0 Å². The highest BCUT2D eigenvalue weighted by Gasteiger charge is 2.30. The predicted molar refractivity (Wildman–Crippen MR) is 63.8 cm³/mol. The first-order chi connectivity index (χ1) is 7.60. The number of amides is 1. The summed E-state index contributed by atoms with van der Waals surface area (Å²) in [5, 5.41) is 9.61. The van der Waals surface area contributed by atoms with Crippen LogP contribution in [0.1, 0.15) is 33.1 Å². The second-order valence-electron chi connectivity index (χ2n) is 4.84. The molecule has 0 radical (unpaired) electrons. The molecule has 0 aromatic heterocycles. The molecule has 0 bridgehead atoms. The van der Waals surface area contributed by atoms with Gasteiger partial charge in [0.1, 0.15) is 0 Å². The van der Waals surface area contributed by atoms with Crippen LogP contribution in [-0.2, 0) is 4.79 Å². The maximum atomic E-state index is 12.1. The Balaban J connectivity index is 2.53. The van der Waals surface area contributed by atoms with E-state index in [1.807, 2.05) is 11.8 Å². The number of carbonyl (C=O) groups excluding carboxylic acids is 1. The summed E-state index contributed by atoms with van der Waals surface area (Å²) in [5.41, 5.74) is 5.63. The van der Waals surface area contributed by atoms with Crippen molar-refractivity contribution in [3.05, 3.63) is 0 Å². The highest BCUT2D eigenvalue weighted by molar-refractivity contribution is 5.79. The Morgan fingerprint density at radius 2 is 2.31 bits per heavy atom. The quantitative estimate of drug-likeness (QED) is 0.740. The first-order valence-corrected chi connectivity index (χ1v) is 6.27. The first-order valence-electron chi connectivity index (χ1n) is 6.27. The fourth-order valence-electron chi connectivity index (χ4n) is 2.28. The summed E-state index contributed by atoms with van der Waals surface area (Å²) in [5.74, 6) is 0.313. The van der Waals surface area contributed by atoms with Crippen molar-refractivity contribution < 1.29 is 9.90 Å². The van der Waals surface area contributed by atoms with Crippen molar-refractivity contribution in [1.82, 2.24) is 4.90 Å². The van der Waals surface area contributed by atoms with E-state index in [0.717, 1.165) is 12.8 Å². The van der Waals surface area contributed by atoms with Gasteiger partial charge in [0.05, 0.1) is 12.0 Å². The fourth-order valence-corrected chi connectivity index (χ4v) is 2.28. The van der Waals surface area contributed by atoms with Gasteiger partial charge in [0.2, 0.25) is 5.91 Å². The van der Waals surface area contributed by atoms with Crippen molar-refractivity contribution in [1.29, 1.82) is 0 Å². The van der Waals surface area contributed by atoms with Crippen molar-refractivity contribution in [3.8, 4) is 0 Å². The van der Waals surface area contributed by atoms with E-state index in [1.54, 1.807) is 0 Å². The first kappa shape index (κ1) is 13.5. The van der Waals surface area contributed by atoms with Crippen LogP contribution in [0.5, 0.6) is 0 Å². The summed E-state index contributed by atoms with van der Waals surface area (Å²) in [6, 6.07) is 0. The Kier molecular flexibility index (Phi) is 5.22. The normalized spacial score (nSPS) is 27.9. The van der Waals surface area contributed by atoms with Gasteiger partial charge in [-0.3, -0.25) is 4.79 Å². The van der Waals surface area contributed by atoms with Gasteiger partial charge in [-0.2, -0.15) is 0 Å². The van der Waals surface area contributed by atoms with Crippen LogP contribution in [0.3, 0.4) is 0 Å². The molecular weight excluding hydrogens is 204 g/mol. The van der Waals surface area contributed by atoms with E-state index in [0.29, 0.717) is 26.1 Å². The highest BCUT2D eigenvalue weighted by atomic mass is 16.3. The maximum Gasteiger partial charge on any atom is 0.226 e. The Bertz CT molecular complexity index is 233. The standard InChI is InChI=1S/C12H24N2O2/c1-3-4-10(7-13)12(16)14-6-5-11(15)9(2)8-14/h9-11,15H,3-8,13H2,1-2H3. The molecule has 1 rings (SSSR count). The van der Waals surface area contributed by atoms with Gasteiger partial charge in [0.15, 0.2) is 0 Å². The molecule has 1 aliphatic heterocycles. The van der Waals surface area contributed by atoms with Crippen molar-refractivity contribution >= 4 is 5.91 Å². The molecule has 0 aliphatic carbocycles. The molecular formula is C12H24N2O2. The predicted octanol–water partition coefficient (Wildman–Crippen LogP) is 0.591. The zero-order chi connectivity index (χ0) is 12.1. The number of hydrogen-bond acceptors (Lipinski definition) is 3. The average molecular weight is 228 g/mol. The molecule has 3 atom stereocenters. The lowest BCUT2D eigenvalue weighted by atomic mass is 9.94. The summed E-state index contributed by atoms with van der Waals surface area (Å²) in [6.07, 6.45) is 2.28. The van der Waals surface area contributed by atoms with Gasteiger partial charge in [0.25, 0.3) is 0 Å². The van der Waals surface area contributed by atoms with Crippen LogP contribution >= 0.6 is 0 Å². The number of piperidine rings is 1. The summed E-state index contributed by atoms with van der Waals surface area (Å²) < 4.78 is 0. The van der Waals surface area contributed by atoms with Crippen LogP contribution in [0.4, 0.5) is 0 Å². The topological polar surface area (TPSA) is 66.6 Å². The third-order valence-corrected chi connectivity index (χ3v) is 3.44. The van der Waals surface area contributed by atoms with Crippen molar-refractivity contribution in [3.63, 3.8) is 0 Å². The van der Waals surface area contributed by atoms with Gasteiger partial charge in [0, 0.05) is 19.6 Å². The number of rotatable bonds is 4. The van der Waals surface area contributed by atoms with Crippen molar-refractivity contribution in [2.24, 2.45) is 17.6 Å². The summed E-state index contributed by atoms with van der Waals surface area (Å²) in [7, 11) is 0. The minimum Gasteiger partial charge on any atom is -0.393 e. The maximum absolute atomic E-state index is 12.1. The largest absolute Gasteiger partial charge is 0.393 e. The molecule has 0 spiro atoms. The molecule has 1 fully saturated rings. The van der Waals surface area contributed by atoms with Crippen LogP contribution in [-0.4, -0.2) is 41.7 Å². The van der Waals surface area contributed by atoms with Crippen LogP contribution in [0, 0.1) is 11.8 Å². The van der Waals surface area contributed by atoms with Gasteiger partial charge in [-0.1, -0.05) is 20.3 Å². The lowest BCUT2D eigenvalue weighted by molar-refractivity contribution is -0.139. The van der Waals surface area contributed by atoms with Crippen LogP contribution in [0.25, 0.3) is 0 Å². The van der Waals surface area contributed by atoms with E-state index < -0.39 is 0 Å². The smallest absolute Gasteiger partial charge is 0.226 e. The average Bonchev–Trinajstić information content (AvgIpc) is 2.28. The molecule has 1 heterocycles. The Labute approximate surface area is 97.8 Å². The molecule has 1 aliphatic rings. The number of aliphatic hydroxyl groups is 1. The zero-order valence-electron chi connectivity index (χ0n) is 10.4. The summed E-state index contributed by atoms with van der Waals surface area (Å²) in [6.45, 7) is 5.82. The fraction of sp³-hybridized carbons (Fsp3) is 0.917. The van der Waals surface area contributed by atoms with E-state index >= 15 is 0 Å². The highest BCUT2D eigenvalue weighted by Crippen LogP contribution is 2.19. The zero-order valence-corrected chi connectivity index (χ0v) is 10.4. The van der Waals surface area contributed by atoms with E-state index in [4.69, 9.17) is 5.73 Å². The van der Waals surface area contributed by atoms with Crippen molar-refractivity contribution in [2.75, 3.05) is 19.6 Å². The molecule has 16 heavy (non-hydrogen) atoms. The molecule has 3 unspecified atom stereocenters. The molecule has 94 valence electrons. The number of carbonyl (C=O) groups is 1. The second-order valence-corrected chi connectivity index (χ2v) is 4.84. The molecule has 0 saturated carbocycles. The molecule has 4 nitrogen and oxygen atoms in total. The Morgan fingerprint density at radius 3 is 2.81 bits per heavy atom. The third kappa shape index (κ3) is 3.19. The summed E-state index contributed by atoms with van der Waals surface area (Å²) in [4.78, 5) is 14.0. The molecule has 1 saturated heterocycles. The Hall–Kier alpha value is -0.610. The minimum atomic E-state index is -0.258. The number of hydrogen-bond donors (Lipinski definition) is 2. The second kappa shape index (κ2) is 6.21. The van der Waals surface area contributed by atoms with Crippen LogP contribution < -0.4 is 5.73 Å². The molecule has 1 amide bonds. The molecule has 4 heteroatoms. The number of nitrogens with zero attached hydrogens (tertiary/aromatic N) is 1. The summed E-state index contributed by atoms with van der Waals surface area (Å²) >= 11 is 0. The third-order valence-electron chi connectivity index (χ3n) is 3.44. The number of nitrogens with two attached hydrogens (primary N) is 1. The van der Waals surface area contributed by atoms with Gasteiger partial charge >= 0.3 is 0 Å². The van der Waals surface area contributed by atoms with Gasteiger partial charge in [-0.15, -0.1) is 0 Å². The molecule has 0 aromatic rings. The lowest BCUT2D eigenvalue weighted by Crippen LogP contribution is -2.48. The molecule has 0 aromatic carbocycles. The lowest BCUT2D eigenvalue weighted by Gasteiger charge is -2.36. The SMILES string of the molecule is CCCC(CN)C(=O)N1CCC(O)C(C)C1. The number of likely N-dealkylation sites (tertiary alicyclic amines) is 1. The van der Waals surface area contributed by atoms with Crippen LogP contribution in [0.2, 0.25) is 0 Å². The minimum absolute atomic E-state index is 0.0348. The Morgan fingerprint density at radius 1 is 1.62 bits per heavy atom.